The minimum absolute atomic E-state index is 0.0122. The number of hydrogen-bond donors (Lipinski definition) is 8. The van der Waals surface area contributed by atoms with Crippen molar-refractivity contribution in [3.05, 3.63) is 193 Å². The van der Waals surface area contributed by atoms with Crippen LogP contribution in [0.25, 0.3) is 44.7 Å². The van der Waals surface area contributed by atoms with Gasteiger partial charge in [0, 0.05) is 52.2 Å². The summed E-state index contributed by atoms with van der Waals surface area (Å²) in [5.74, 6) is 2.19. The number of benzene rings is 4. The number of likely N-dealkylation sites (tertiary alicyclic amines) is 2. The number of piperidine rings is 1. The number of nitrogens with two attached hydrogens (primary N) is 4. The predicted molar refractivity (Wildman–Crippen MR) is 461 cm³/mol. The molecule has 1 aliphatic carbocycles. The number of hydrogen-bond acceptors (Lipinski definition) is 26. The van der Waals surface area contributed by atoms with Gasteiger partial charge in [-0.05, 0) is 136 Å². The Bertz CT molecular complexity index is 5730. The minimum Gasteiger partial charge on any atom is -0.463 e. The molecule has 3 aliphatic rings. The van der Waals surface area contributed by atoms with Gasteiger partial charge in [-0.3, -0.25) is 18.9 Å². The van der Waals surface area contributed by atoms with Gasteiger partial charge in [0.1, 0.15) is 29.3 Å². The molecule has 11 heterocycles. The van der Waals surface area contributed by atoms with Crippen LogP contribution in [0.3, 0.4) is 0 Å². The van der Waals surface area contributed by atoms with E-state index in [4.69, 9.17) is 46.6 Å². The summed E-state index contributed by atoms with van der Waals surface area (Å²) in [6.45, 7) is 18.5. The third kappa shape index (κ3) is 23.7. The molecule has 0 atom stereocenters. The maximum Gasteiger partial charge on any atom is 0.422 e. The van der Waals surface area contributed by atoms with Gasteiger partial charge in [-0.15, -0.1) is 0 Å². The van der Waals surface area contributed by atoms with Crippen molar-refractivity contribution in [3.8, 4) is 24.0 Å². The molecule has 0 radical (unpaired) electrons. The minimum atomic E-state index is -4.49. The van der Waals surface area contributed by atoms with E-state index < -0.39 is 24.4 Å². The number of nitrogens with zero attached hydrogens (tertiary/aromatic N) is 18. The van der Waals surface area contributed by atoms with E-state index in [1.165, 1.54) is 59.8 Å². The normalized spacial score (nSPS) is 14.3. The molecule has 33 nitrogen and oxygen atoms in total. The van der Waals surface area contributed by atoms with E-state index >= 15 is 0 Å². The lowest BCUT2D eigenvalue weighted by molar-refractivity contribution is -0.154. The quantitative estimate of drug-likeness (QED) is 0.0182. The average molecular weight is 1680 g/mol. The number of H-pyrrole nitrogens is 2. The van der Waals surface area contributed by atoms with Crippen molar-refractivity contribution in [2.45, 2.75) is 182 Å². The Balaban J connectivity index is 0.000000140. The third-order valence-electron chi connectivity index (χ3n) is 21.5. The second-order valence-electron chi connectivity index (χ2n) is 31.2. The molecule has 9 aromatic heterocycles. The largest absolute Gasteiger partial charge is 0.463 e. The monoisotopic (exact) mass is 1680 g/mol. The van der Waals surface area contributed by atoms with E-state index in [0.717, 1.165) is 131 Å². The number of methoxy groups -OCH3 is 1. The molecule has 16 rings (SSSR count). The molecule has 648 valence electrons. The molecule has 1 saturated carbocycles. The first-order valence-electron chi connectivity index (χ1n) is 41.8. The second-order valence-corrected chi connectivity index (χ2v) is 31.2. The molecular weight excluding hydrogens is 1570 g/mol. The fraction of sp³-hybridized carbons (Fsp3) is 0.453. The van der Waals surface area contributed by atoms with Gasteiger partial charge in [0.2, 0.25) is 0 Å². The molecule has 122 heavy (non-hydrogen) atoms. The number of nitrogens with one attached hydrogen (secondary N) is 3. The number of nitrogen functional groups attached to an aromatic ring is 4. The van der Waals surface area contributed by atoms with Gasteiger partial charge in [0.05, 0.1) is 57.9 Å². The predicted octanol–water partition coefficient (Wildman–Crippen LogP) is 11.0. The van der Waals surface area contributed by atoms with Crippen LogP contribution < -0.4 is 58.6 Å². The van der Waals surface area contributed by atoms with Crippen LogP contribution in [0.2, 0.25) is 0 Å². The summed E-state index contributed by atoms with van der Waals surface area (Å²) < 4.78 is 72.9. The average Bonchev–Trinajstić information content (AvgIpc) is 1.65. The summed E-state index contributed by atoms with van der Waals surface area (Å²) in [4.78, 5) is 82.6. The van der Waals surface area contributed by atoms with Gasteiger partial charge < -0.3 is 80.7 Å². The van der Waals surface area contributed by atoms with Crippen LogP contribution in [0.15, 0.2) is 125 Å². The van der Waals surface area contributed by atoms with Crippen LogP contribution in [0.4, 0.5) is 36.4 Å². The Hall–Kier alpha value is -12.1. The molecule has 3 fully saturated rings. The van der Waals surface area contributed by atoms with Crippen molar-refractivity contribution >= 4 is 67.9 Å². The highest BCUT2D eigenvalue weighted by molar-refractivity contribution is 5.85. The highest BCUT2D eigenvalue weighted by atomic mass is 19.4. The summed E-state index contributed by atoms with van der Waals surface area (Å²) >= 11 is 0. The van der Waals surface area contributed by atoms with Crippen LogP contribution in [-0.2, 0) is 57.1 Å². The fourth-order valence-corrected chi connectivity index (χ4v) is 15.2. The van der Waals surface area contributed by atoms with Gasteiger partial charge in [-0.25, -0.2) is 24.5 Å². The van der Waals surface area contributed by atoms with Crippen molar-refractivity contribution in [1.29, 1.82) is 0 Å². The number of imidazole rings is 5. The lowest BCUT2D eigenvalue weighted by atomic mass is 9.85. The number of ether oxygens (including phenoxy) is 5. The summed E-state index contributed by atoms with van der Waals surface area (Å²) in [7, 11) is 1.58. The summed E-state index contributed by atoms with van der Waals surface area (Å²) in [5, 5.41) is 14.1. The molecule has 2 saturated heterocycles. The molecule has 4 aromatic carbocycles. The molecule has 2 aliphatic heterocycles. The van der Waals surface area contributed by atoms with Crippen LogP contribution >= 0.6 is 0 Å². The van der Waals surface area contributed by atoms with E-state index in [9.17, 15) is 27.9 Å². The number of halogens is 3. The molecule has 36 heteroatoms. The zero-order chi connectivity index (χ0) is 85.7. The Morgan fingerprint density at radius 1 is 0.475 bits per heavy atom. The van der Waals surface area contributed by atoms with E-state index in [1.54, 1.807) is 24.8 Å². The van der Waals surface area contributed by atoms with Crippen LogP contribution in [0.1, 0.15) is 160 Å². The lowest BCUT2D eigenvalue weighted by Crippen LogP contribution is -2.41. The summed E-state index contributed by atoms with van der Waals surface area (Å²) in [6.07, 6.45) is 16.4. The first kappa shape index (κ1) is 87.7. The van der Waals surface area contributed by atoms with Gasteiger partial charge >= 0.3 is 41.6 Å². The first-order valence-corrected chi connectivity index (χ1v) is 41.8. The maximum atomic E-state index is 12.6. The van der Waals surface area contributed by atoms with Crippen molar-refractivity contribution in [1.82, 2.24) is 103 Å². The zero-order valence-electron chi connectivity index (χ0n) is 69.9. The van der Waals surface area contributed by atoms with Crippen molar-refractivity contribution in [2.75, 3.05) is 95.8 Å². The van der Waals surface area contributed by atoms with E-state index in [1.807, 2.05) is 71.0 Å². The fourth-order valence-electron chi connectivity index (χ4n) is 15.2. The number of aromatic amines is 2. The van der Waals surface area contributed by atoms with E-state index in [-0.39, 0.29) is 47.5 Å². The SMILES string of the molecule is CCCCOc1nc(N)c2[nH]c(=O)n(Cc3cccc(CN4CCCCC4)c3)c2n1.CCCCOc1nc(N)c2nc(C)n(Cc3cccc(Cn4ccnc4)c3)c2n1.COCCOc1nc(N)c2[nH]c(=O)n(Cc3cccc(CNCC4(O)CCCCC4)c3)c2n1.Cc1nc2c(N)nc(OCC(F)(F)F)nc2n1Cc1cccc(CN2CCCC2)c1. The number of fused-ring (bicyclic) bond motifs is 4. The number of rotatable bonds is 32. The molecule has 12 N–H and O–H groups in total. The Morgan fingerprint density at radius 2 is 0.869 bits per heavy atom. The number of aromatic nitrogens is 18. The van der Waals surface area contributed by atoms with Gasteiger partial charge in [-0.2, -0.15) is 53.0 Å². The van der Waals surface area contributed by atoms with Crippen molar-refractivity contribution in [3.63, 3.8) is 0 Å². The van der Waals surface area contributed by atoms with Crippen LogP contribution in [0, 0.1) is 13.8 Å². The number of aliphatic hydroxyl groups is 1. The molecule has 13 aromatic rings. The van der Waals surface area contributed by atoms with Crippen LogP contribution in [-0.4, -0.2) is 187 Å². The van der Waals surface area contributed by atoms with E-state index in [0.29, 0.717) is 121 Å². The highest BCUT2D eigenvalue weighted by Gasteiger charge is 2.31. The molecule has 0 amide bonds. The Kier molecular flexibility index (Phi) is 29.8. The molecule has 0 bridgehead atoms. The second kappa shape index (κ2) is 41.4. The smallest absolute Gasteiger partial charge is 0.422 e. The van der Waals surface area contributed by atoms with Gasteiger partial charge in [0.25, 0.3) is 0 Å². The topological polar surface area (TPSA) is 421 Å². The molecular formula is C86H110F3N25O8. The Morgan fingerprint density at radius 3 is 1.31 bits per heavy atom. The zero-order valence-corrected chi connectivity index (χ0v) is 69.9. The Labute approximate surface area is 703 Å². The molecule has 0 spiro atoms. The van der Waals surface area contributed by atoms with Crippen molar-refractivity contribution < 1.29 is 42.0 Å². The van der Waals surface area contributed by atoms with E-state index in [2.05, 4.69) is 153 Å². The number of unbranched alkanes of at least 4 members (excludes halogenated alkanes) is 2. The number of anilines is 4. The lowest BCUT2D eigenvalue weighted by Gasteiger charge is -2.32. The first-order chi connectivity index (χ1) is 59.0. The maximum absolute atomic E-state index is 12.6. The van der Waals surface area contributed by atoms with Gasteiger partial charge in [0.15, 0.2) is 63.5 Å². The highest BCUT2D eigenvalue weighted by Crippen LogP contribution is 2.31. The third-order valence-corrected chi connectivity index (χ3v) is 21.5. The van der Waals surface area contributed by atoms with Crippen LogP contribution in [0.5, 0.6) is 24.0 Å². The van der Waals surface area contributed by atoms with Crippen molar-refractivity contribution in [2.24, 2.45) is 0 Å². The standard InChI is InChI=1S/C23H32N6O4.C22H30N6O2.C21H25N7O.C20H23F3N6O/c1-32-10-11-33-21-27-19(24)18-20(28-21)29(22(30)26-18)14-17-7-5-6-16(12-17)13-25-15-23(31)8-3-2-4-9-23;1-2-3-12-30-21-25-19(23)18-20(26-21)28(22(29)24-18)15-17-9-7-8-16(13-17)14-27-10-5-4-6-11-27;1-3-4-10-29-21-25-19(22)18-20(26-21)28(15(2)24-18)13-17-7-5-6-16(11-17)12-27-9-8-23-14-27;1-13-25-16-17(24)26-19(30-12-20(21,22)23)27-18(16)29(13)11-15-6-4-5-14(9-15)10-28-7-2-3-8-28/h5-7,12,25,31H,2-4,8-11,13-15H2,1H3,(H,26,30)(H2,24,27,28);7-9,13H,2-6,10-12,14-15H2,1H3,(H,24,29)(H2,23,25,26);5-9,11,14H,3-4,10,12-13H2,1-2H3,(H2,22,25,26);4-6,9H,2-3,7-8,10-12H2,1H3,(H2,24,26,27). The molecule has 0 unspecified atom stereocenters. The number of alkyl halides is 3. The summed E-state index contributed by atoms with van der Waals surface area (Å²) in [5.41, 5.74) is 35.6. The number of aryl methyl sites for hydroxylation is 2. The summed E-state index contributed by atoms with van der Waals surface area (Å²) in [6, 6.07) is 33.3. The van der Waals surface area contributed by atoms with Gasteiger partial charge in [-0.1, -0.05) is 149 Å².